The molecule has 2 aromatic rings. The van der Waals surface area contributed by atoms with Gasteiger partial charge in [0.25, 0.3) is 0 Å². The van der Waals surface area contributed by atoms with Crippen LogP contribution in [0.2, 0.25) is 0 Å². The molecule has 1 radical (unpaired) electrons. The van der Waals surface area contributed by atoms with Crippen LogP contribution in [0, 0.1) is 19.9 Å². The zero-order chi connectivity index (χ0) is 15.8. The van der Waals surface area contributed by atoms with Crippen molar-refractivity contribution < 1.29 is 30.3 Å². The largest absolute Gasteiger partial charge is 0.400 e. The number of hydrogen-bond donors (Lipinski definition) is 2. The Morgan fingerprint density at radius 3 is 2.36 bits per heavy atom. The molecular formula is C18H24IrNO2-. The molecule has 0 aliphatic heterocycles. The molecule has 1 aromatic heterocycles. The average molecular weight is 479 g/mol. The molecule has 0 bridgehead atoms. The molecule has 123 valence electrons. The van der Waals surface area contributed by atoms with Gasteiger partial charge in [-0.25, -0.2) is 0 Å². The Bertz CT molecular complexity index is 585. The van der Waals surface area contributed by atoms with E-state index < -0.39 is 0 Å². The Labute approximate surface area is 146 Å². The maximum Gasteiger partial charge on any atom is 0.0319 e. The molecule has 1 aromatic carbocycles. The number of aliphatic hydroxyl groups excluding tert-OH is 2. The molecule has 0 atom stereocenters. The number of rotatable bonds is 1. The van der Waals surface area contributed by atoms with Crippen LogP contribution >= 0.6 is 0 Å². The molecule has 1 aliphatic carbocycles. The quantitative estimate of drug-likeness (QED) is 0.620. The predicted octanol–water partition coefficient (Wildman–Crippen LogP) is 2.87. The van der Waals surface area contributed by atoms with E-state index >= 15 is 0 Å². The van der Waals surface area contributed by atoms with Gasteiger partial charge in [0.15, 0.2) is 0 Å². The number of pyridine rings is 1. The Balaban J connectivity index is 0.000000819. The fraction of sp³-hybridized carbons (Fsp3) is 0.389. The molecule has 0 saturated heterocycles. The van der Waals surface area contributed by atoms with Gasteiger partial charge in [0.2, 0.25) is 0 Å². The molecule has 0 saturated carbocycles. The summed E-state index contributed by atoms with van der Waals surface area (Å²) in [7, 11) is 2.00. The number of benzene rings is 1. The van der Waals surface area contributed by atoms with Gasteiger partial charge in [-0.05, 0) is 31.5 Å². The van der Waals surface area contributed by atoms with Crippen molar-refractivity contribution in [3.05, 3.63) is 52.7 Å². The maximum absolute atomic E-state index is 7.00. The molecule has 0 unspecified atom stereocenters. The Kier molecular flexibility index (Phi) is 10.1. The van der Waals surface area contributed by atoms with Crippen LogP contribution in [-0.2, 0) is 32.9 Å². The molecular weight excluding hydrogens is 454 g/mol. The Hall–Kier alpha value is -1.06. The molecule has 1 heterocycles. The van der Waals surface area contributed by atoms with Crippen molar-refractivity contribution in [2.75, 3.05) is 14.2 Å². The van der Waals surface area contributed by atoms with Crippen molar-refractivity contribution in [1.29, 1.82) is 0 Å². The fourth-order valence-electron chi connectivity index (χ4n) is 2.54. The van der Waals surface area contributed by atoms with Crippen molar-refractivity contribution >= 4 is 0 Å². The molecule has 22 heavy (non-hydrogen) atoms. The molecule has 3 rings (SSSR count). The minimum atomic E-state index is 0. The number of aromatic nitrogens is 1. The zero-order valence-corrected chi connectivity index (χ0v) is 16.0. The van der Waals surface area contributed by atoms with Crippen molar-refractivity contribution in [3.63, 3.8) is 0 Å². The monoisotopic (exact) mass is 479 g/mol. The first-order chi connectivity index (χ1) is 10.3. The third-order valence-electron chi connectivity index (χ3n) is 3.70. The minimum absolute atomic E-state index is 0. The van der Waals surface area contributed by atoms with Gasteiger partial charge in [-0.1, -0.05) is 24.5 Å². The van der Waals surface area contributed by atoms with Crippen LogP contribution in [0.25, 0.3) is 11.3 Å². The zero-order valence-electron chi connectivity index (χ0n) is 13.6. The topological polar surface area (TPSA) is 53.4 Å². The number of aryl methyl sites for hydroxylation is 3. The van der Waals surface area contributed by atoms with Crippen molar-refractivity contribution in [3.8, 4) is 11.3 Å². The number of fused-ring (bicyclic) bond motifs is 1. The van der Waals surface area contributed by atoms with E-state index in [-0.39, 0.29) is 20.1 Å². The van der Waals surface area contributed by atoms with E-state index in [0.29, 0.717) is 0 Å². The molecule has 2 N–H and O–H groups in total. The first-order valence-electron chi connectivity index (χ1n) is 7.11. The van der Waals surface area contributed by atoms with Crippen LogP contribution in [0.15, 0.2) is 24.4 Å². The average Bonchev–Trinajstić information content (AvgIpc) is 3.02. The van der Waals surface area contributed by atoms with Gasteiger partial charge in [0.05, 0.1) is 0 Å². The summed E-state index contributed by atoms with van der Waals surface area (Å²) in [6, 6.07) is 9.79. The second-order valence-corrected chi connectivity index (χ2v) is 4.86. The summed E-state index contributed by atoms with van der Waals surface area (Å²) < 4.78 is 0. The second kappa shape index (κ2) is 10.6. The summed E-state index contributed by atoms with van der Waals surface area (Å²) in [5.41, 5.74) is 7.79. The van der Waals surface area contributed by atoms with Crippen LogP contribution in [0.3, 0.4) is 0 Å². The van der Waals surface area contributed by atoms with Crippen molar-refractivity contribution in [1.82, 2.24) is 4.98 Å². The predicted molar refractivity (Wildman–Crippen MR) is 86.3 cm³/mol. The third kappa shape index (κ3) is 4.72. The summed E-state index contributed by atoms with van der Waals surface area (Å²) in [5.74, 6) is 0. The van der Waals surface area contributed by atoms with E-state index in [9.17, 15) is 0 Å². The molecule has 0 amide bonds. The van der Waals surface area contributed by atoms with Crippen LogP contribution < -0.4 is 0 Å². The van der Waals surface area contributed by atoms with Crippen molar-refractivity contribution in [2.45, 2.75) is 33.1 Å². The van der Waals surface area contributed by atoms with E-state index in [4.69, 9.17) is 10.2 Å². The van der Waals surface area contributed by atoms with Gasteiger partial charge in [0, 0.05) is 40.5 Å². The van der Waals surface area contributed by atoms with E-state index in [1.807, 2.05) is 12.3 Å². The minimum Gasteiger partial charge on any atom is -0.400 e. The normalized spacial score (nSPS) is 11.2. The standard InChI is InChI=1S/C16H16N.2CH4O.Ir/c1-11-9-16(17-10-12(11)2)15-8-4-6-13-5-3-7-14(13)15;2*1-2;/h4,6,9-10H,3,5,7H2,1-2H3;2*2H,1H3;/q-1;;;. The van der Waals surface area contributed by atoms with Crippen molar-refractivity contribution in [2.24, 2.45) is 0 Å². The van der Waals surface area contributed by atoms with Gasteiger partial charge in [0.1, 0.15) is 0 Å². The van der Waals surface area contributed by atoms with Crippen LogP contribution in [-0.4, -0.2) is 29.4 Å². The molecule has 1 aliphatic rings. The first kappa shape index (κ1) is 20.9. The summed E-state index contributed by atoms with van der Waals surface area (Å²) in [4.78, 5) is 4.56. The van der Waals surface area contributed by atoms with E-state index in [0.717, 1.165) is 19.9 Å². The third-order valence-corrected chi connectivity index (χ3v) is 3.70. The molecule has 0 fully saturated rings. The van der Waals surface area contributed by atoms with E-state index in [1.54, 1.807) is 0 Å². The summed E-state index contributed by atoms with van der Waals surface area (Å²) in [6.45, 7) is 4.24. The fourth-order valence-corrected chi connectivity index (χ4v) is 2.54. The summed E-state index contributed by atoms with van der Waals surface area (Å²) in [6.07, 6.45) is 5.62. The SMILES string of the molecule is CO.CO.Cc1cnc(-c2[c-]ccc3c2CCC3)cc1C.[Ir]. The van der Waals surface area contributed by atoms with Gasteiger partial charge in [-0.3, -0.25) is 0 Å². The molecule has 0 spiro atoms. The molecule has 3 nitrogen and oxygen atoms in total. The van der Waals surface area contributed by atoms with Gasteiger partial charge in [-0.2, -0.15) is 0 Å². The number of hydrogen-bond acceptors (Lipinski definition) is 3. The van der Waals surface area contributed by atoms with Crippen LogP contribution in [0.4, 0.5) is 0 Å². The summed E-state index contributed by atoms with van der Waals surface area (Å²) >= 11 is 0. The van der Waals surface area contributed by atoms with Crippen LogP contribution in [0.1, 0.15) is 28.7 Å². The molecule has 4 heteroatoms. The van der Waals surface area contributed by atoms with Crippen LogP contribution in [0.5, 0.6) is 0 Å². The Morgan fingerprint density at radius 1 is 1.05 bits per heavy atom. The smallest absolute Gasteiger partial charge is 0.0319 e. The number of nitrogens with zero attached hydrogens (tertiary/aromatic N) is 1. The second-order valence-electron chi connectivity index (χ2n) is 4.86. The Morgan fingerprint density at radius 2 is 1.73 bits per heavy atom. The summed E-state index contributed by atoms with van der Waals surface area (Å²) in [5, 5.41) is 14.0. The van der Waals surface area contributed by atoms with Gasteiger partial charge in [-0.15, -0.1) is 34.9 Å². The van der Waals surface area contributed by atoms with E-state index in [1.165, 1.54) is 47.1 Å². The maximum atomic E-state index is 7.00. The van der Waals surface area contributed by atoms with E-state index in [2.05, 4.69) is 37.0 Å². The first-order valence-corrected chi connectivity index (χ1v) is 7.11. The number of aliphatic hydroxyl groups is 2. The van der Waals surface area contributed by atoms with Gasteiger partial charge < -0.3 is 15.2 Å². The van der Waals surface area contributed by atoms with Gasteiger partial charge >= 0.3 is 0 Å².